The molecule has 0 aliphatic carbocycles. The minimum atomic E-state index is -0.208. The van der Waals surface area contributed by atoms with Gasteiger partial charge in [-0.25, -0.2) is 9.97 Å². The number of oxazole rings is 2. The Balaban J connectivity index is 1.54. The number of rotatable bonds is 4. The van der Waals surface area contributed by atoms with Crippen molar-refractivity contribution in [3.8, 4) is 34.2 Å². The van der Waals surface area contributed by atoms with Gasteiger partial charge >= 0.3 is 0 Å². The quantitative estimate of drug-likeness (QED) is 0.394. The third-order valence-corrected chi connectivity index (χ3v) is 6.07. The molecule has 0 saturated carbocycles. The molecular formula is C26H22N4O4. The fraction of sp³-hybridized carbons (Fsp3) is 0.192. The highest BCUT2D eigenvalue weighted by Crippen LogP contribution is 2.40. The van der Waals surface area contributed by atoms with E-state index in [0.29, 0.717) is 49.4 Å². The molecule has 170 valence electrons. The number of nitrogens with zero attached hydrogens (tertiary/aromatic N) is 4. The van der Waals surface area contributed by atoms with Crippen LogP contribution in [0.2, 0.25) is 0 Å². The van der Waals surface area contributed by atoms with Gasteiger partial charge < -0.3 is 23.0 Å². The Bertz CT molecular complexity index is 1480. The standard InChI is InChI=1S/C26H22N4O4/c1-29-15-19(18-9-5-6-10-20(18)29)23-21(28-25(34-23)17-7-3-2-4-8-17)24-22(27-16-33-24)26(31)30-11-13-32-14-12-30/h2-10,15-16H,11-14H2,1H3. The third-order valence-electron chi connectivity index (χ3n) is 6.07. The van der Waals surface area contributed by atoms with Gasteiger partial charge in [-0.05, 0) is 18.2 Å². The average Bonchev–Trinajstić information content (AvgIpc) is 3.62. The van der Waals surface area contributed by atoms with Gasteiger partial charge in [0.05, 0.1) is 13.2 Å². The van der Waals surface area contributed by atoms with Gasteiger partial charge in [0, 0.05) is 48.4 Å². The number of carbonyl (C=O) groups is 1. The first kappa shape index (κ1) is 20.4. The van der Waals surface area contributed by atoms with E-state index in [9.17, 15) is 4.79 Å². The molecule has 0 bridgehead atoms. The number of fused-ring (bicyclic) bond motifs is 1. The normalized spacial score (nSPS) is 14.1. The van der Waals surface area contributed by atoms with Crippen molar-refractivity contribution in [1.82, 2.24) is 19.4 Å². The second kappa shape index (κ2) is 8.31. The molecular weight excluding hydrogens is 432 g/mol. The van der Waals surface area contributed by atoms with Gasteiger partial charge in [0.1, 0.15) is 0 Å². The Labute approximate surface area is 195 Å². The van der Waals surface area contributed by atoms with E-state index in [2.05, 4.69) is 11.1 Å². The molecule has 34 heavy (non-hydrogen) atoms. The van der Waals surface area contributed by atoms with Crippen LogP contribution in [0.15, 0.2) is 76.0 Å². The Kier molecular flexibility index (Phi) is 5.00. The highest BCUT2D eigenvalue weighted by Gasteiger charge is 2.30. The van der Waals surface area contributed by atoms with Crippen molar-refractivity contribution in [3.63, 3.8) is 0 Å². The van der Waals surface area contributed by atoms with Crippen LogP contribution in [0.1, 0.15) is 10.5 Å². The number of benzene rings is 2. The molecule has 0 radical (unpaired) electrons. The minimum absolute atomic E-state index is 0.208. The maximum absolute atomic E-state index is 13.3. The average molecular weight is 454 g/mol. The van der Waals surface area contributed by atoms with Gasteiger partial charge in [0.2, 0.25) is 5.89 Å². The zero-order chi connectivity index (χ0) is 23.1. The lowest BCUT2D eigenvalue weighted by atomic mass is 10.1. The summed E-state index contributed by atoms with van der Waals surface area (Å²) in [5, 5.41) is 1.02. The number of para-hydroxylation sites is 1. The molecule has 2 aromatic carbocycles. The van der Waals surface area contributed by atoms with Gasteiger partial charge in [-0.15, -0.1) is 0 Å². The largest absolute Gasteiger partial charge is 0.441 e. The molecule has 1 aliphatic rings. The van der Waals surface area contributed by atoms with E-state index < -0.39 is 0 Å². The van der Waals surface area contributed by atoms with Crippen LogP contribution in [-0.4, -0.2) is 51.6 Å². The second-order valence-electron chi connectivity index (χ2n) is 8.17. The SMILES string of the molecule is Cn1cc(-c2oc(-c3ccccc3)nc2-c2ocnc2C(=O)N2CCOCC2)c2ccccc21. The zero-order valence-corrected chi connectivity index (χ0v) is 18.6. The molecule has 6 rings (SSSR count). The van der Waals surface area contributed by atoms with Crippen LogP contribution in [-0.2, 0) is 11.8 Å². The lowest BCUT2D eigenvalue weighted by Crippen LogP contribution is -2.41. The van der Waals surface area contributed by atoms with E-state index in [1.165, 1.54) is 6.39 Å². The van der Waals surface area contributed by atoms with Crippen LogP contribution in [0.5, 0.6) is 0 Å². The summed E-state index contributed by atoms with van der Waals surface area (Å²) in [6.07, 6.45) is 3.29. The van der Waals surface area contributed by atoms with E-state index in [-0.39, 0.29) is 11.6 Å². The Hall–Kier alpha value is -4.17. The molecule has 8 heteroatoms. The van der Waals surface area contributed by atoms with E-state index >= 15 is 0 Å². The van der Waals surface area contributed by atoms with Gasteiger partial charge in [0.25, 0.3) is 5.91 Å². The van der Waals surface area contributed by atoms with Crippen LogP contribution in [0.25, 0.3) is 45.1 Å². The fourth-order valence-corrected chi connectivity index (χ4v) is 4.37. The van der Waals surface area contributed by atoms with Crippen LogP contribution < -0.4 is 0 Å². The number of aryl methyl sites for hydroxylation is 1. The fourth-order valence-electron chi connectivity index (χ4n) is 4.37. The van der Waals surface area contributed by atoms with Crippen molar-refractivity contribution >= 4 is 16.8 Å². The van der Waals surface area contributed by atoms with Gasteiger partial charge in [0.15, 0.2) is 29.3 Å². The number of carbonyl (C=O) groups excluding carboxylic acids is 1. The summed E-state index contributed by atoms with van der Waals surface area (Å²) < 4.78 is 19.6. The summed E-state index contributed by atoms with van der Waals surface area (Å²) in [6.45, 7) is 2.02. The number of hydrogen-bond donors (Lipinski definition) is 0. The molecule has 0 unspecified atom stereocenters. The third kappa shape index (κ3) is 3.39. The molecule has 1 amide bonds. The van der Waals surface area contributed by atoms with E-state index in [1.807, 2.05) is 66.3 Å². The first-order valence-electron chi connectivity index (χ1n) is 11.1. The summed E-state index contributed by atoms with van der Waals surface area (Å²) in [7, 11) is 1.99. The maximum atomic E-state index is 13.3. The van der Waals surface area contributed by atoms with Gasteiger partial charge in [-0.3, -0.25) is 4.79 Å². The lowest BCUT2D eigenvalue weighted by Gasteiger charge is -2.26. The number of hydrogen-bond acceptors (Lipinski definition) is 6. The Morgan fingerprint density at radius 1 is 0.971 bits per heavy atom. The molecule has 3 aromatic heterocycles. The van der Waals surface area contributed by atoms with Crippen LogP contribution in [0.4, 0.5) is 0 Å². The van der Waals surface area contributed by atoms with Crippen molar-refractivity contribution in [2.24, 2.45) is 7.05 Å². The monoisotopic (exact) mass is 454 g/mol. The number of aromatic nitrogens is 3. The number of amides is 1. The van der Waals surface area contributed by atoms with E-state index in [0.717, 1.165) is 22.0 Å². The highest BCUT2D eigenvalue weighted by atomic mass is 16.5. The van der Waals surface area contributed by atoms with Gasteiger partial charge in [-0.1, -0.05) is 36.4 Å². The number of ether oxygens (including phenoxy) is 1. The van der Waals surface area contributed by atoms with E-state index in [1.54, 1.807) is 4.90 Å². The summed E-state index contributed by atoms with van der Waals surface area (Å²) in [4.78, 5) is 24.1. The van der Waals surface area contributed by atoms with Crippen molar-refractivity contribution in [3.05, 3.63) is 72.9 Å². The van der Waals surface area contributed by atoms with Crippen molar-refractivity contribution in [1.29, 1.82) is 0 Å². The first-order chi connectivity index (χ1) is 16.7. The maximum Gasteiger partial charge on any atom is 0.276 e. The lowest BCUT2D eigenvalue weighted by molar-refractivity contribution is 0.0299. The molecule has 1 saturated heterocycles. The molecule has 0 N–H and O–H groups in total. The minimum Gasteiger partial charge on any atom is -0.441 e. The Morgan fingerprint density at radius 3 is 2.56 bits per heavy atom. The predicted molar refractivity (Wildman–Crippen MR) is 126 cm³/mol. The van der Waals surface area contributed by atoms with Crippen molar-refractivity contribution in [2.45, 2.75) is 0 Å². The summed E-state index contributed by atoms with van der Waals surface area (Å²) in [5.74, 6) is 1.06. The topological polar surface area (TPSA) is 86.5 Å². The summed E-state index contributed by atoms with van der Waals surface area (Å²) in [5.41, 5.74) is 3.42. The molecule has 1 aliphatic heterocycles. The molecule has 5 aromatic rings. The van der Waals surface area contributed by atoms with Crippen LogP contribution in [0.3, 0.4) is 0 Å². The zero-order valence-electron chi connectivity index (χ0n) is 18.6. The number of morpholine rings is 1. The van der Waals surface area contributed by atoms with Crippen molar-refractivity contribution in [2.75, 3.05) is 26.3 Å². The van der Waals surface area contributed by atoms with Crippen LogP contribution in [0, 0.1) is 0 Å². The smallest absolute Gasteiger partial charge is 0.276 e. The molecule has 0 atom stereocenters. The van der Waals surface area contributed by atoms with Gasteiger partial charge in [-0.2, -0.15) is 0 Å². The second-order valence-corrected chi connectivity index (χ2v) is 8.17. The summed E-state index contributed by atoms with van der Waals surface area (Å²) in [6, 6.07) is 17.7. The molecule has 1 fully saturated rings. The molecule has 8 nitrogen and oxygen atoms in total. The van der Waals surface area contributed by atoms with Crippen LogP contribution >= 0.6 is 0 Å². The highest BCUT2D eigenvalue weighted by molar-refractivity contribution is 6.01. The summed E-state index contributed by atoms with van der Waals surface area (Å²) >= 11 is 0. The molecule has 4 heterocycles. The predicted octanol–water partition coefficient (Wildman–Crippen LogP) is 4.63. The first-order valence-corrected chi connectivity index (χ1v) is 11.1. The Morgan fingerprint density at radius 2 is 1.74 bits per heavy atom. The van der Waals surface area contributed by atoms with Crippen molar-refractivity contribution < 1.29 is 18.4 Å². The molecule has 0 spiro atoms. The van der Waals surface area contributed by atoms with E-state index in [4.69, 9.17) is 18.6 Å².